The highest BCUT2D eigenvalue weighted by Gasteiger charge is 2.17. The van der Waals surface area contributed by atoms with Crippen molar-refractivity contribution in [3.8, 4) is 5.69 Å². The van der Waals surface area contributed by atoms with Gasteiger partial charge in [0.05, 0.1) is 12.4 Å². The molecule has 4 rings (SSSR count). The second-order valence-electron chi connectivity index (χ2n) is 7.03. The van der Waals surface area contributed by atoms with E-state index in [0.717, 1.165) is 16.8 Å². The Hall–Kier alpha value is -3.93. The lowest BCUT2D eigenvalue weighted by molar-refractivity contribution is 0.0936. The number of benzene rings is 2. The summed E-state index contributed by atoms with van der Waals surface area (Å²) in [5.41, 5.74) is 2.57. The van der Waals surface area contributed by atoms with Crippen LogP contribution >= 0.6 is 0 Å². The van der Waals surface area contributed by atoms with Crippen LogP contribution in [0.5, 0.6) is 0 Å². The first-order valence-corrected chi connectivity index (χ1v) is 9.62. The van der Waals surface area contributed by atoms with Gasteiger partial charge in [0, 0.05) is 23.5 Å². The van der Waals surface area contributed by atoms with Gasteiger partial charge in [-0.05, 0) is 42.7 Å². The summed E-state index contributed by atoms with van der Waals surface area (Å²) in [7, 11) is 0. The van der Waals surface area contributed by atoms with Crippen LogP contribution in [0.1, 0.15) is 34.5 Å². The van der Waals surface area contributed by atoms with Gasteiger partial charge in [-0.3, -0.25) is 4.79 Å². The molecule has 0 saturated carbocycles. The average Bonchev–Trinajstić information content (AvgIpc) is 3.29. The van der Waals surface area contributed by atoms with Crippen molar-refractivity contribution in [2.24, 2.45) is 0 Å². The molecule has 0 aliphatic carbocycles. The van der Waals surface area contributed by atoms with Gasteiger partial charge in [0.15, 0.2) is 0 Å². The number of hydrogen-bond acceptors (Lipinski definition) is 4. The second kappa shape index (κ2) is 8.21. The van der Waals surface area contributed by atoms with Crippen molar-refractivity contribution in [3.63, 3.8) is 0 Å². The molecule has 0 aliphatic heterocycles. The van der Waals surface area contributed by atoms with E-state index in [2.05, 4.69) is 16.9 Å². The van der Waals surface area contributed by atoms with E-state index in [4.69, 9.17) is 4.42 Å². The highest BCUT2D eigenvalue weighted by molar-refractivity contribution is 5.97. The molecule has 0 spiro atoms. The maximum absolute atomic E-state index is 12.8. The van der Waals surface area contributed by atoms with E-state index in [9.17, 15) is 9.59 Å². The first kappa shape index (κ1) is 19.4. The van der Waals surface area contributed by atoms with E-state index in [1.165, 1.54) is 0 Å². The Labute approximate surface area is 173 Å². The zero-order chi connectivity index (χ0) is 21.1. The SMILES string of the molecule is C=CCc1cccc2cc(C(=O)N[C@@H](C)c3ccc(-n4ccnc4)cc3)c(=O)oc12. The fourth-order valence-electron chi connectivity index (χ4n) is 3.38. The summed E-state index contributed by atoms with van der Waals surface area (Å²) in [6, 6.07) is 14.6. The molecule has 150 valence electrons. The predicted octanol–water partition coefficient (Wildman–Crippen LogP) is 4.20. The minimum absolute atomic E-state index is 0.0138. The highest BCUT2D eigenvalue weighted by Crippen LogP contribution is 2.20. The molecule has 4 aromatic rings. The Balaban J connectivity index is 1.56. The summed E-state index contributed by atoms with van der Waals surface area (Å²) < 4.78 is 7.37. The van der Waals surface area contributed by atoms with Gasteiger partial charge in [-0.15, -0.1) is 6.58 Å². The van der Waals surface area contributed by atoms with Gasteiger partial charge in [-0.2, -0.15) is 0 Å². The van der Waals surface area contributed by atoms with Gasteiger partial charge in [-0.1, -0.05) is 36.4 Å². The number of para-hydroxylation sites is 1. The predicted molar refractivity (Wildman–Crippen MR) is 116 cm³/mol. The average molecular weight is 399 g/mol. The van der Waals surface area contributed by atoms with Crippen molar-refractivity contribution in [3.05, 3.63) is 107 Å². The number of nitrogens with one attached hydrogen (secondary N) is 1. The molecule has 2 aromatic carbocycles. The zero-order valence-corrected chi connectivity index (χ0v) is 16.5. The fraction of sp³-hybridized carbons (Fsp3) is 0.125. The first-order chi connectivity index (χ1) is 14.6. The van der Waals surface area contributed by atoms with Gasteiger partial charge < -0.3 is 14.3 Å². The molecule has 1 N–H and O–H groups in total. The molecule has 6 heteroatoms. The first-order valence-electron chi connectivity index (χ1n) is 9.62. The minimum Gasteiger partial charge on any atom is -0.422 e. The van der Waals surface area contributed by atoms with E-state index >= 15 is 0 Å². The number of nitrogens with zero attached hydrogens (tertiary/aromatic N) is 2. The number of fused-ring (bicyclic) bond motifs is 1. The molecule has 2 heterocycles. The number of carbonyl (C=O) groups excluding carboxylic acids is 1. The molecule has 1 atom stereocenters. The van der Waals surface area contributed by atoms with E-state index in [0.29, 0.717) is 17.4 Å². The Morgan fingerprint density at radius 2 is 2.07 bits per heavy atom. The van der Waals surface area contributed by atoms with Crippen LogP contribution in [-0.4, -0.2) is 15.5 Å². The summed E-state index contributed by atoms with van der Waals surface area (Å²) >= 11 is 0. The van der Waals surface area contributed by atoms with Gasteiger partial charge in [-0.25, -0.2) is 9.78 Å². The van der Waals surface area contributed by atoms with E-state index < -0.39 is 11.5 Å². The zero-order valence-electron chi connectivity index (χ0n) is 16.5. The Morgan fingerprint density at radius 3 is 2.77 bits per heavy atom. The lowest BCUT2D eigenvalue weighted by Crippen LogP contribution is -2.30. The number of carbonyl (C=O) groups is 1. The van der Waals surface area contributed by atoms with Crippen LogP contribution in [0.2, 0.25) is 0 Å². The van der Waals surface area contributed by atoms with Crippen LogP contribution in [0, 0.1) is 0 Å². The maximum atomic E-state index is 12.8. The molecule has 0 unspecified atom stereocenters. The largest absolute Gasteiger partial charge is 0.422 e. The fourth-order valence-corrected chi connectivity index (χ4v) is 3.38. The highest BCUT2D eigenvalue weighted by atomic mass is 16.4. The summed E-state index contributed by atoms with van der Waals surface area (Å²) in [6.45, 7) is 5.59. The van der Waals surface area contributed by atoms with E-state index in [-0.39, 0.29) is 11.6 Å². The molecule has 0 aliphatic rings. The van der Waals surface area contributed by atoms with Gasteiger partial charge in [0.2, 0.25) is 0 Å². The molecule has 6 nitrogen and oxygen atoms in total. The topological polar surface area (TPSA) is 77.1 Å². The molecule has 0 fully saturated rings. The quantitative estimate of drug-likeness (QED) is 0.389. The van der Waals surface area contributed by atoms with Crippen LogP contribution < -0.4 is 10.9 Å². The Bertz CT molecular complexity index is 1260. The van der Waals surface area contributed by atoms with Crippen LogP contribution in [-0.2, 0) is 6.42 Å². The number of amides is 1. The molecule has 1 amide bonds. The molecule has 30 heavy (non-hydrogen) atoms. The molecule has 0 saturated heterocycles. The van der Waals surface area contributed by atoms with Crippen molar-refractivity contribution in [2.75, 3.05) is 0 Å². The van der Waals surface area contributed by atoms with Gasteiger partial charge >= 0.3 is 5.63 Å². The smallest absolute Gasteiger partial charge is 0.349 e. The van der Waals surface area contributed by atoms with Crippen LogP contribution in [0.4, 0.5) is 0 Å². The molecule has 2 aromatic heterocycles. The van der Waals surface area contributed by atoms with Crippen LogP contribution in [0.25, 0.3) is 16.7 Å². The number of aromatic nitrogens is 2. The Kier molecular flexibility index (Phi) is 5.30. The van der Waals surface area contributed by atoms with Crippen molar-refractivity contribution in [2.45, 2.75) is 19.4 Å². The van der Waals surface area contributed by atoms with Gasteiger partial charge in [0.1, 0.15) is 11.1 Å². The van der Waals surface area contributed by atoms with Crippen molar-refractivity contribution >= 4 is 16.9 Å². The Morgan fingerprint density at radius 1 is 1.27 bits per heavy atom. The number of rotatable bonds is 6. The summed E-state index contributed by atoms with van der Waals surface area (Å²) in [5.74, 6) is -0.467. The second-order valence-corrected chi connectivity index (χ2v) is 7.03. The third-order valence-corrected chi connectivity index (χ3v) is 4.99. The lowest BCUT2D eigenvalue weighted by atomic mass is 10.1. The monoisotopic (exact) mass is 399 g/mol. The van der Waals surface area contributed by atoms with Crippen LogP contribution in [0.15, 0.2) is 89.1 Å². The van der Waals surface area contributed by atoms with E-state index in [1.54, 1.807) is 24.7 Å². The lowest BCUT2D eigenvalue weighted by Gasteiger charge is -2.15. The van der Waals surface area contributed by atoms with Gasteiger partial charge in [0.25, 0.3) is 5.91 Å². The maximum Gasteiger partial charge on any atom is 0.349 e. The van der Waals surface area contributed by atoms with Crippen molar-refractivity contribution < 1.29 is 9.21 Å². The molecular weight excluding hydrogens is 378 g/mol. The summed E-state index contributed by atoms with van der Waals surface area (Å²) in [5, 5.41) is 3.58. The number of allylic oxidation sites excluding steroid dienone is 1. The standard InChI is InChI=1S/C24H21N3O3/c1-3-5-18-6-4-7-19-14-21(24(29)30-22(18)19)23(28)26-16(2)17-8-10-20(11-9-17)27-13-12-25-15-27/h3-4,6-16H,1,5H2,2H3,(H,26,28)/t16-/m0/s1. The summed E-state index contributed by atoms with van der Waals surface area (Å²) in [4.78, 5) is 29.3. The van der Waals surface area contributed by atoms with E-state index in [1.807, 2.05) is 60.2 Å². The molecule has 0 bridgehead atoms. The molecule has 0 radical (unpaired) electrons. The normalized spacial score (nSPS) is 11.9. The van der Waals surface area contributed by atoms with Crippen molar-refractivity contribution in [1.29, 1.82) is 0 Å². The molecular formula is C24H21N3O3. The minimum atomic E-state index is -0.654. The van der Waals surface area contributed by atoms with Crippen LogP contribution in [0.3, 0.4) is 0 Å². The number of imidazole rings is 1. The number of hydrogen-bond donors (Lipinski definition) is 1. The third-order valence-electron chi connectivity index (χ3n) is 4.99. The third kappa shape index (κ3) is 3.80. The summed E-state index contributed by atoms with van der Waals surface area (Å²) in [6.07, 6.45) is 7.62. The van der Waals surface area contributed by atoms with Crippen molar-refractivity contribution in [1.82, 2.24) is 14.9 Å².